The first-order valence-electron chi connectivity index (χ1n) is 11.3. The van der Waals surface area contributed by atoms with Gasteiger partial charge < -0.3 is 5.32 Å². The van der Waals surface area contributed by atoms with E-state index in [1.165, 1.54) is 46.8 Å². The van der Waals surface area contributed by atoms with Gasteiger partial charge in [0, 0.05) is 58.3 Å². The summed E-state index contributed by atoms with van der Waals surface area (Å²) >= 11 is 7.81. The molecule has 0 bridgehead atoms. The van der Waals surface area contributed by atoms with E-state index in [-0.39, 0.29) is 27.6 Å². The van der Waals surface area contributed by atoms with Crippen molar-refractivity contribution in [2.45, 2.75) is 43.6 Å². The van der Waals surface area contributed by atoms with Crippen LogP contribution in [0.4, 0.5) is 17.3 Å². The number of anilines is 1. The third kappa shape index (κ3) is 4.81. The van der Waals surface area contributed by atoms with Crippen LogP contribution in [0.2, 0.25) is 5.02 Å². The zero-order valence-corrected chi connectivity index (χ0v) is 21.4. The Hall–Kier alpha value is -3.77. The Labute approximate surface area is 220 Å². The van der Waals surface area contributed by atoms with Gasteiger partial charge in [0.15, 0.2) is 5.78 Å². The van der Waals surface area contributed by atoms with Gasteiger partial charge in [-0.05, 0) is 23.5 Å². The number of ketones is 1. The lowest BCUT2D eigenvalue weighted by Gasteiger charge is -2.38. The van der Waals surface area contributed by atoms with Crippen LogP contribution in [0.3, 0.4) is 0 Å². The number of carbonyl (C=O) groups excluding carboxylic acids is 1. The number of aromatic nitrogens is 3. The molecule has 1 N–H and O–H groups in total. The van der Waals surface area contributed by atoms with Crippen LogP contribution in [-0.2, 0) is 10.5 Å². The predicted molar refractivity (Wildman–Crippen MR) is 138 cm³/mol. The highest BCUT2D eigenvalue weighted by molar-refractivity contribution is 7.98. The van der Waals surface area contributed by atoms with Crippen LogP contribution in [0.5, 0.6) is 0 Å². The molecule has 1 unspecified atom stereocenters. The van der Waals surface area contributed by atoms with E-state index in [1.807, 2.05) is 13.8 Å². The highest BCUT2D eigenvalue weighted by atomic mass is 35.5. The minimum absolute atomic E-state index is 0.00441. The molecule has 0 fully saturated rings. The Bertz CT molecular complexity index is 1500. The molecule has 37 heavy (non-hydrogen) atoms. The van der Waals surface area contributed by atoms with Crippen LogP contribution in [0, 0.1) is 25.6 Å². The van der Waals surface area contributed by atoms with Crippen molar-refractivity contribution in [3.8, 4) is 0 Å². The maximum absolute atomic E-state index is 13.4. The Morgan fingerprint density at radius 2 is 1.86 bits per heavy atom. The average molecular weight is 541 g/mol. The van der Waals surface area contributed by atoms with E-state index < -0.39 is 15.9 Å². The second-order valence-electron chi connectivity index (χ2n) is 9.70. The van der Waals surface area contributed by atoms with Crippen LogP contribution in [0.15, 0.2) is 58.9 Å². The monoisotopic (exact) mass is 540 g/mol. The Morgan fingerprint density at radius 3 is 2.59 bits per heavy atom. The van der Waals surface area contributed by atoms with Crippen molar-refractivity contribution in [2.24, 2.45) is 5.41 Å². The van der Waals surface area contributed by atoms with Crippen molar-refractivity contribution < 1.29 is 14.6 Å². The first kappa shape index (κ1) is 24.9. The molecule has 0 spiro atoms. The van der Waals surface area contributed by atoms with Gasteiger partial charge in [0.2, 0.25) is 11.1 Å². The molecule has 1 aromatic heterocycles. The van der Waals surface area contributed by atoms with E-state index in [4.69, 9.17) is 11.6 Å². The smallest absolute Gasteiger partial charge is 0.269 e. The van der Waals surface area contributed by atoms with Crippen molar-refractivity contribution in [3.05, 3.63) is 90.1 Å². The molecule has 13 heteroatoms. The molecule has 1 aliphatic carbocycles. The van der Waals surface area contributed by atoms with E-state index in [0.717, 1.165) is 5.56 Å². The first-order valence-corrected chi connectivity index (χ1v) is 12.7. The number of halogens is 1. The average Bonchev–Trinajstić information content (AvgIpc) is 3.23. The summed E-state index contributed by atoms with van der Waals surface area (Å²) in [5.74, 6) is 0.684. The van der Waals surface area contributed by atoms with Crippen LogP contribution in [-0.4, -0.2) is 30.4 Å². The topological polar surface area (TPSA) is 146 Å². The predicted octanol–water partition coefficient (Wildman–Crippen LogP) is 5.70. The molecule has 0 amide bonds. The lowest BCUT2D eigenvalue weighted by molar-refractivity contribution is -0.385. The molecule has 2 heterocycles. The fourth-order valence-electron chi connectivity index (χ4n) is 4.70. The molecule has 1 atom stereocenters. The van der Waals surface area contributed by atoms with Crippen molar-refractivity contribution in [1.82, 2.24) is 14.8 Å². The largest absolute Gasteiger partial charge is 0.328 e. The van der Waals surface area contributed by atoms with Crippen molar-refractivity contribution in [1.29, 1.82) is 0 Å². The lowest BCUT2D eigenvalue weighted by atomic mass is 9.73. The molecule has 0 saturated heterocycles. The number of carbonyl (C=O) groups is 1. The molecular weight excluding hydrogens is 520 g/mol. The normalized spacial score (nSPS) is 18.1. The Kier molecular flexibility index (Phi) is 6.24. The second-order valence-corrected chi connectivity index (χ2v) is 11.1. The first-order chi connectivity index (χ1) is 17.5. The Morgan fingerprint density at radius 1 is 1.14 bits per heavy atom. The third-order valence-electron chi connectivity index (χ3n) is 6.29. The molecule has 0 saturated carbocycles. The number of hydrogen-bond acceptors (Lipinski definition) is 9. The maximum atomic E-state index is 13.4. The van der Waals surface area contributed by atoms with Gasteiger partial charge in [-0.1, -0.05) is 49.3 Å². The quantitative estimate of drug-likeness (QED) is 0.236. The summed E-state index contributed by atoms with van der Waals surface area (Å²) in [6, 6.07) is 9.66. The van der Waals surface area contributed by atoms with Crippen molar-refractivity contribution in [3.63, 3.8) is 0 Å². The number of nitro benzene ring substituents is 2. The SMILES string of the molecule is CC1(C)CC(=O)C2=C(C1)Nc1nc(SCc3cccc([N+](=O)[O-])c3)nn1C2c1cc([N+](=O)[O-])ccc1Cl. The van der Waals surface area contributed by atoms with E-state index in [9.17, 15) is 25.0 Å². The van der Waals surface area contributed by atoms with Crippen molar-refractivity contribution in [2.75, 3.05) is 5.32 Å². The second kappa shape index (κ2) is 9.27. The van der Waals surface area contributed by atoms with Crippen LogP contribution in [0.1, 0.15) is 43.9 Å². The van der Waals surface area contributed by atoms with Crippen molar-refractivity contribution >= 4 is 46.5 Å². The van der Waals surface area contributed by atoms with Gasteiger partial charge in [0.05, 0.1) is 9.85 Å². The molecule has 2 aromatic carbocycles. The molecule has 3 aromatic rings. The van der Waals surface area contributed by atoms with Gasteiger partial charge in [0.1, 0.15) is 6.04 Å². The van der Waals surface area contributed by atoms with E-state index in [1.54, 1.807) is 12.1 Å². The standard InChI is InChI=1S/C24H21ClN6O5S/c1-24(2)10-18-20(19(32)11-24)21(16-9-15(31(35)36)6-7-17(16)25)29-22(26-18)27-23(28-29)37-12-13-4-3-5-14(8-13)30(33)34/h3-9,21H,10-12H2,1-2H3,(H,26,27,28). The summed E-state index contributed by atoms with van der Waals surface area (Å²) in [4.78, 5) is 39.6. The summed E-state index contributed by atoms with van der Waals surface area (Å²) in [5.41, 5.74) is 1.85. The number of nitrogens with zero attached hydrogens (tertiary/aromatic N) is 5. The van der Waals surface area contributed by atoms with Crippen LogP contribution < -0.4 is 5.32 Å². The lowest BCUT2D eigenvalue weighted by Crippen LogP contribution is -2.36. The van der Waals surface area contributed by atoms with Crippen LogP contribution >= 0.6 is 23.4 Å². The molecule has 0 radical (unpaired) electrons. The summed E-state index contributed by atoms with van der Waals surface area (Å²) < 4.78 is 1.54. The number of non-ortho nitro benzene ring substituents is 2. The van der Waals surface area contributed by atoms with Gasteiger partial charge in [-0.15, -0.1) is 5.10 Å². The fourth-order valence-corrected chi connectivity index (χ4v) is 5.69. The fraction of sp³-hybridized carbons (Fsp3) is 0.292. The van der Waals surface area contributed by atoms with E-state index >= 15 is 0 Å². The molecule has 5 rings (SSSR count). The highest BCUT2D eigenvalue weighted by Crippen LogP contribution is 2.47. The minimum Gasteiger partial charge on any atom is -0.328 e. The number of fused-ring (bicyclic) bond motifs is 1. The zero-order chi connectivity index (χ0) is 26.5. The van der Waals surface area contributed by atoms with Gasteiger partial charge >= 0.3 is 0 Å². The van der Waals surface area contributed by atoms with E-state index in [0.29, 0.717) is 46.5 Å². The molecule has 2 aliphatic rings. The number of Topliss-reactive ketones (excluding diaryl/α,β-unsaturated/α-hetero) is 1. The highest BCUT2D eigenvalue weighted by Gasteiger charge is 2.42. The summed E-state index contributed by atoms with van der Waals surface area (Å²) in [6.07, 6.45) is 0.898. The molecule has 11 nitrogen and oxygen atoms in total. The summed E-state index contributed by atoms with van der Waals surface area (Å²) in [5, 5.41) is 31.1. The minimum atomic E-state index is -0.790. The maximum Gasteiger partial charge on any atom is 0.269 e. The van der Waals surface area contributed by atoms with Gasteiger partial charge in [-0.25, -0.2) is 4.68 Å². The van der Waals surface area contributed by atoms with Gasteiger partial charge in [0.25, 0.3) is 11.4 Å². The van der Waals surface area contributed by atoms with Crippen LogP contribution in [0.25, 0.3) is 0 Å². The number of nitrogens with one attached hydrogen (secondary N) is 1. The number of thioether (sulfide) groups is 1. The zero-order valence-electron chi connectivity index (χ0n) is 19.8. The van der Waals surface area contributed by atoms with Gasteiger partial charge in [-0.2, -0.15) is 4.98 Å². The van der Waals surface area contributed by atoms with E-state index in [2.05, 4.69) is 15.4 Å². The summed E-state index contributed by atoms with van der Waals surface area (Å²) in [7, 11) is 0. The van der Waals surface area contributed by atoms with Gasteiger partial charge in [-0.3, -0.25) is 25.0 Å². The number of benzene rings is 2. The molecular formula is C24H21ClN6O5S. The number of allylic oxidation sites excluding steroid dienone is 2. The third-order valence-corrected chi connectivity index (χ3v) is 7.54. The number of nitro groups is 2. The number of hydrogen-bond donors (Lipinski definition) is 1. The Balaban J connectivity index is 1.56. The number of rotatable bonds is 6. The molecule has 190 valence electrons. The molecule has 1 aliphatic heterocycles. The summed E-state index contributed by atoms with van der Waals surface area (Å²) in [6.45, 7) is 4.01.